The Morgan fingerprint density at radius 3 is 2.81 bits per heavy atom. The number of carboxylic acids is 1. The van der Waals surface area contributed by atoms with Crippen LogP contribution >= 0.6 is 0 Å². The number of carboxylic acid groups (broad SMARTS) is 1. The molecule has 0 fully saturated rings. The van der Waals surface area contributed by atoms with Crippen molar-refractivity contribution in [3.63, 3.8) is 0 Å². The molecule has 0 radical (unpaired) electrons. The summed E-state index contributed by atoms with van der Waals surface area (Å²) in [6, 6.07) is 5.80. The molecule has 3 nitrogen and oxygen atoms in total. The van der Waals surface area contributed by atoms with Crippen LogP contribution in [0.1, 0.15) is 47.4 Å². The van der Waals surface area contributed by atoms with Crippen LogP contribution in [0, 0.1) is 18.8 Å². The molecule has 1 aromatic carbocycles. The van der Waals surface area contributed by atoms with E-state index in [1.54, 1.807) is 0 Å². The van der Waals surface area contributed by atoms with Crippen LogP contribution in [0.3, 0.4) is 0 Å². The molecule has 1 N–H and O–H groups in total. The Hall–Kier alpha value is -1.90. The lowest BCUT2D eigenvalue weighted by molar-refractivity contribution is 0.0696. The van der Waals surface area contributed by atoms with E-state index in [4.69, 9.17) is 4.98 Å². The highest BCUT2D eigenvalue weighted by Crippen LogP contribution is 2.35. The highest BCUT2D eigenvalue weighted by atomic mass is 16.4. The SMILES string of the molecule is Cc1cccc2c(C(=O)O)c3c(nc12)CCC(C(C)C)C3. The molecular weight excluding hydrogens is 262 g/mol. The molecule has 0 bridgehead atoms. The quantitative estimate of drug-likeness (QED) is 0.906. The Morgan fingerprint density at radius 1 is 1.38 bits per heavy atom. The Balaban J connectivity index is 2.28. The molecule has 110 valence electrons. The van der Waals surface area contributed by atoms with Gasteiger partial charge in [0.05, 0.1) is 11.1 Å². The van der Waals surface area contributed by atoms with Gasteiger partial charge in [0, 0.05) is 11.1 Å². The lowest BCUT2D eigenvalue weighted by atomic mass is 9.78. The second kappa shape index (κ2) is 5.14. The van der Waals surface area contributed by atoms with Crippen LogP contribution in [-0.4, -0.2) is 16.1 Å². The zero-order valence-electron chi connectivity index (χ0n) is 12.8. The molecule has 0 aliphatic heterocycles. The molecule has 3 rings (SSSR count). The smallest absolute Gasteiger partial charge is 0.336 e. The van der Waals surface area contributed by atoms with Gasteiger partial charge in [-0.3, -0.25) is 4.98 Å². The second-order valence-electron chi connectivity index (χ2n) is 6.44. The van der Waals surface area contributed by atoms with Gasteiger partial charge in [-0.25, -0.2) is 4.79 Å². The van der Waals surface area contributed by atoms with Crippen molar-refractivity contribution in [2.45, 2.75) is 40.0 Å². The number of aromatic carboxylic acids is 1. The van der Waals surface area contributed by atoms with E-state index in [2.05, 4.69) is 13.8 Å². The number of nitrogens with zero attached hydrogens (tertiary/aromatic N) is 1. The topological polar surface area (TPSA) is 50.2 Å². The molecule has 1 heterocycles. The first-order chi connectivity index (χ1) is 9.99. The molecular formula is C18H21NO2. The zero-order chi connectivity index (χ0) is 15.1. The molecule has 21 heavy (non-hydrogen) atoms. The maximum Gasteiger partial charge on any atom is 0.336 e. The number of fused-ring (bicyclic) bond motifs is 2. The molecule has 1 unspecified atom stereocenters. The van der Waals surface area contributed by atoms with E-state index in [1.165, 1.54) is 0 Å². The second-order valence-corrected chi connectivity index (χ2v) is 6.44. The Kier molecular flexibility index (Phi) is 3.44. The van der Waals surface area contributed by atoms with Gasteiger partial charge in [0.15, 0.2) is 0 Å². The fourth-order valence-electron chi connectivity index (χ4n) is 3.44. The number of carbonyl (C=O) groups is 1. The summed E-state index contributed by atoms with van der Waals surface area (Å²) in [6.07, 6.45) is 2.84. The Labute approximate surface area is 125 Å². The standard InChI is InChI=1S/C18H21NO2/c1-10(2)12-7-8-15-14(9-12)16(18(20)21)13-6-4-5-11(3)17(13)19-15/h4-6,10,12H,7-9H2,1-3H3,(H,20,21). The molecule has 0 saturated heterocycles. The monoisotopic (exact) mass is 283 g/mol. The van der Waals surface area contributed by atoms with Crippen LogP contribution in [0.25, 0.3) is 10.9 Å². The molecule has 1 aliphatic carbocycles. The third-order valence-electron chi connectivity index (χ3n) is 4.78. The first kappa shape index (κ1) is 14.1. The molecule has 0 spiro atoms. The summed E-state index contributed by atoms with van der Waals surface area (Å²) in [5.41, 5.74) is 4.32. The molecule has 0 amide bonds. The van der Waals surface area contributed by atoms with Crippen LogP contribution in [0.4, 0.5) is 0 Å². The predicted molar refractivity (Wildman–Crippen MR) is 83.8 cm³/mol. The lowest BCUT2D eigenvalue weighted by Gasteiger charge is -2.28. The summed E-state index contributed by atoms with van der Waals surface area (Å²) in [5.74, 6) is 0.307. The number of aromatic nitrogens is 1. The molecule has 2 aromatic rings. The number of pyridine rings is 1. The summed E-state index contributed by atoms with van der Waals surface area (Å²) in [5, 5.41) is 10.5. The van der Waals surface area contributed by atoms with Gasteiger partial charge in [-0.05, 0) is 49.1 Å². The average molecular weight is 283 g/mol. The van der Waals surface area contributed by atoms with Gasteiger partial charge in [-0.2, -0.15) is 0 Å². The van der Waals surface area contributed by atoms with Gasteiger partial charge < -0.3 is 5.11 Å². The normalized spacial score (nSPS) is 18.0. The van der Waals surface area contributed by atoms with Crippen molar-refractivity contribution in [1.82, 2.24) is 4.98 Å². The molecule has 0 saturated carbocycles. The minimum atomic E-state index is -0.825. The van der Waals surface area contributed by atoms with E-state index < -0.39 is 5.97 Å². The molecule has 1 aliphatic rings. The number of benzene rings is 1. The van der Waals surface area contributed by atoms with E-state index in [-0.39, 0.29) is 0 Å². The fourth-order valence-corrected chi connectivity index (χ4v) is 3.44. The maximum absolute atomic E-state index is 11.8. The first-order valence-corrected chi connectivity index (χ1v) is 7.63. The van der Waals surface area contributed by atoms with Gasteiger partial charge >= 0.3 is 5.97 Å². The Morgan fingerprint density at radius 2 is 2.14 bits per heavy atom. The summed E-state index contributed by atoms with van der Waals surface area (Å²) < 4.78 is 0. The van der Waals surface area contributed by atoms with Crippen molar-refractivity contribution in [2.24, 2.45) is 11.8 Å². The molecule has 3 heteroatoms. The summed E-state index contributed by atoms with van der Waals surface area (Å²) in [6.45, 7) is 6.43. The van der Waals surface area contributed by atoms with Crippen LogP contribution in [0.15, 0.2) is 18.2 Å². The molecule has 1 atom stereocenters. The minimum absolute atomic E-state index is 0.476. The van der Waals surface area contributed by atoms with Crippen molar-refractivity contribution in [2.75, 3.05) is 0 Å². The number of aryl methyl sites for hydroxylation is 2. The third-order valence-corrected chi connectivity index (χ3v) is 4.78. The Bertz CT molecular complexity index is 719. The van der Waals surface area contributed by atoms with E-state index in [9.17, 15) is 9.90 Å². The van der Waals surface area contributed by atoms with Crippen molar-refractivity contribution < 1.29 is 9.90 Å². The van der Waals surface area contributed by atoms with Gasteiger partial charge in [0.25, 0.3) is 0 Å². The van der Waals surface area contributed by atoms with Gasteiger partial charge in [0.1, 0.15) is 0 Å². The lowest BCUT2D eigenvalue weighted by Crippen LogP contribution is -2.23. The number of para-hydroxylation sites is 1. The maximum atomic E-state index is 11.8. The van der Waals surface area contributed by atoms with Crippen molar-refractivity contribution >= 4 is 16.9 Å². The highest BCUT2D eigenvalue weighted by molar-refractivity contribution is 6.04. The van der Waals surface area contributed by atoms with Crippen molar-refractivity contribution in [3.05, 3.63) is 40.6 Å². The average Bonchev–Trinajstić information content (AvgIpc) is 2.44. The van der Waals surface area contributed by atoms with E-state index in [1.807, 2.05) is 25.1 Å². The van der Waals surface area contributed by atoms with Gasteiger partial charge in [-0.1, -0.05) is 32.0 Å². The minimum Gasteiger partial charge on any atom is -0.478 e. The summed E-state index contributed by atoms with van der Waals surface area (Å²) in [7, 11) is 0. The van der Waals surface area contributed by atoms with E-state index >= 15 is 0 Å². The van der Waals surface area contributed by atoms with Crippen LogP contribution in [-0.2, 0) is 12.8 Å². The highest BCUT2D eigenvalue weighted by Gasteiger charge is 2.28. The largest absolute Gasteiger partial charge is 0.478 e. The third kappa shape index (κ3) is 2.31. The van der Waals surface area contributed by atoms with Crippen molar-refractivity contribution in [3.8, 4) is 0 Å². The predicted octanol–water partition coefficient (Wildman–Crippen LogP) is 4.00. The molecule has 1 aromatic heterocycles. The van der Waals surface area contributed by atoms with E-state index in [0.29, 0.717) is 17.4 Å². The van der Waals surface area contributed by atoms with Gasteiger partial charge in [-0.15, -0.1) is 0 Å². The first-order valence-electron chi connectivity index (χ1n) is 7.63. The summed E-state index contributed by atoms with van der Waals surface area (Å²) in [4.78, 5) is 16.6. The van der Waals surface area contributed by atoms with Crippen LogP contribution < -0.4 is 0 Å². The van der Waals surface area contributed by atoms with Gasteiger partial charge in [0.2, 0.25) is 0 Å². The number of hydrogen-bond donors (Lipinski definition) is 1. The fraction of sp³-hybridized carbons (Fsp3) is 0.444. The number of rotatable bonds is 2. The van der Waals surface area contributed by atoms with Crippen LogP contribution in [0.2, 0.25) is 0 Å². The van der Waals surface area contributed by atoms with E-state index in [0.717, 1.165) is 47.0 Å². The summed E-state index contributed by atoms with van der Waals surface area (Å²) >= 11 is 0. The zero-order valence-corrected chi connectivity index (χ0v) is 12.8. The van der Waals surface area contributed by atoms with Crippen LogP contribution in [0.5, 0.6) is 0 Å². The van der Waals surface area contributed by atoms with Crippen molar-refractivity contribution in [1.29, 1.82) is 0 Å². The number of hydrogen-bond acceptors (Lipinski definition) is 2.